The standard InChI is InChI=1S/C16H19ClN2O3/c1-9-14(11(3)22-19-9)16(20)18-10(2)15(21-4)12-5-7-13(17)8-6-12/h5-8,10,15H,1-4H3,(H,18,20)/t10-,15-/m1/s1. The summed E-state index contributed by atoms with van der Waals surface area (Å²) in [5, 5.41) is 7.39. The summed E-state index contributed by atoms with van der Waals surface area (Å²) in [4.78, 5) is 12.4. The fourth-order valence-corrected chi connectivity index (χ4v) is 2.57. The molecule has 2 aromatic rings. The van der Waals surface area contributed by atoms with Crippen LogP contribution in [0.4, 0.5) is 0 Å². The quantitative estimate of drug-likeness (QED) is 0.915. The molecule has 22 heavy (non-hydrogen) atoms. The largest absolute Gasteiger partial charge is 0.375 e. The van der Waals surface area contributed by atoms with E-state index in [9.17, 15) is 4.79 Å². The van der Waals surface area contributed by atoms with Crippen molar-refractivity contribution >= 4 is 17.5 Å². The van der Waals surface area contributed by atoms with Crippen LogP contribution in [0.3, 0.4) is 0 Å². The minimum atomic E-state index is -0.276. The topological polar surface area (TPSA) is 64.4 Å². The summed E-state index contributed by atoms with van der Waals surface area (Å²) in [5.74, 6) is 0.280. The minimum Gasteiger partial charge on any atom is -0.375 e. The number of ether oxygens (including phenoxy) is 1. The van der Waals surface area contributed by atoms with Crippen LogP contribution in [0.15, 0.2) is 28.8 Å². The Kier molecular flexibility index (Phi) is 5.21. The Morgan fingerprint density at radius 3 is 2.45 bits per heavy atom. The molecule has 0 aliphatic carbocycles. The van der Waals surface area contributed by atoms with Gasteiger partial charge in [0.15, 0.2) is 0 Å². The van der Waals surface area contributed by atoms with Crippen molar-refractivity contribution in [3.8, 4) is 0 Å². The van der Waals surface area contributed by atoms with Gasteiger partial charge in [-0.3, -0.25) is 4.79 Å². The molecule has 2 atom stereocenters. The van der Waals surface area contributed by atoms with Gasteiger partial charge in [0, 0.05) is 12.1 Å². The van der Waals surface area contributed by atoms with Crippen molar-refractivity contribution in [3.63, 3.8) is 0 Å². The van der Waals surface area contributed by atoms with Crippen molar-refractivity contribution in [2.75, 3.05) is 7.11 Å². The number of amides is 1. The third kappa shape index (κ3) is 3.48. The second kappa shape index (κ2) is 6.94. The van der Waals surface area contributed by atoms with Gasteiger partial charge in [0.05, 0.1) is 11.7 Å². The Morgan fingerprint density at radius 2 is 1.95 bits per heavy atom. The van der Waals surface area contributed by atoms with Crippen LogP contribution in [0.2, 0.25) is 5.02 Å². The fourth-order valence-electron chi connectivity index (χ4n) is 2.44. The molecule has 1 amide bonds. The molecule has 0 unspecified atom stereocenters. The first-order valence-electron chi connectivity index (χ1n) is 6.96. The zero-order chi connectivity index (χ0) is 16.3. The summed E-state index contributed by atoms with van der Waals surface area (Å²) in [6.45, 7) is 5.34. The molecule has 1 aromatic carbocycles. The van der Waals surface area contributed by atoms with Gasteiger partial charge in [-0.25, -0.2) is 0 Å². The molecular formula is C16H19ClN2O3. The van der Waals surface area contributed by atoms with E-state index in [1.807, 2.05) is 19.1 Å². The van der Waals surface area contributed by atoms with Crippen LogP contribution < -0.4 is 5.32 Å². The van der Waals surface area contributed by atoms with Gasteiger partial charge in [-0.05, 0) is 38.5 Å². The van der Waals surface area contributed by atoms with E-state index in [1.54, 1.807) is 33.1 Å². The summed E-state index contributed by atoms with van der Waals surface area (Å²) in [6, 6.07) is 7.13. The molecule has 0 aliphatic rings. The number of carbonyl (C=O) groups is 1. The molecule has 0 spiro atoms. The Balaban J connectivity index is 2.14. The van der Waals surface area contributed by atoms with Crippen LogP contribution in [0.1, 0.15) is 40.4 Å². The lowest BCUT2D eigenvalue weighted by molar-refractivity contribution is 0.0644. The predicted octanol–water partition coefficient (Wildman–Crippen LogP) is 3.45. The van der Waals surface area contributed by atoms with E-state index in [1.165, 1.54) is 0 Å². The number of benzene rings is 1. The van der Waals surface area contributed by atoms with E-state index >= 15 is 0 Å². The molecule has 0 aliphatic heterocycles. The lowest BCUT2D eigenvalue weighted by Gasteiger charge is -2.24. The maximum atomic E-state index is 12.4. The highest BCUT2D eigenvalue weighted by molar-refractivity contribution is 6.30. The molecule has 6 heteroatoms. The second-order valence-corrected chi connectivity index (χ2v) is 5.61. The molecule has 118 valence electrons. The number of hydrogen-bond acceptors (Lipinski definition) is 4. The van der Waals surface area contributed by atoms with Crippen molar-refractivity contribution in [2.24, 2.45) is 0 Å². The number of halogens is 1. The number of rotatable bonds is 5. The first kappa shape index (κ1) is 16.5. The summed E-state index contributed by atoms with van der Waals surface area (Å²) in [7, 11) is 1.61. The third-order valence-electron chi connectivity index (χ3n) is 3.53. The van der Waals surface area contributed by atoms with Crippen molar-refractivity contribution in [3.05, 3.63) is 51.9 Å². The summed E-state index contributed by atoms with van der Waals surface area (Å²) >= 11 is 5.90. The minimum absolute atomic E-state index is 0.222. The van der Waals surface area contributed by atoms with E-state index in [2.05, 4.69) is 10.5 Å². The van der Waals surface area contributed by atoms with Gasteiger partial charge in [-0.15, -0.1) is 0 Å². The fraction of sp³-hybridized carbons (Fsp3) is 0.375. The molecule has 1 N–H and O–H groups in total. The summed E-state index contributed by atoms with van der Waals surface area (Å²) < 4.78 is 10.5. The Bertz CT molecular complexity index is 632. The molecule has 0 fully saturated rings. The van der Waals surface area contributed by atoms with E-state index < -0.39 is 0 Å². The van der Waals surface area contributed by atoms with Crippen molar-refractivity contribution < 1.29 is 14.1 Å². The average molecular weight is 323 g/mol. The molecule has 5 nitrogen and oxygen atoms in total. The summed E-state index contributed by atoms with van der Waals surface area (Å²) in [6.07, 6.45) is -0.276. The number of nitrogens with one attached hydrogen (secondary N) is 1. The van der Waals surface area contributed by atoms with Gasteiger partial charge in [-0.1, -0.05) is 28.9 Å². The SMILES string of the molecule is CO[C@@H](c1ccc(Cl)cc1)[C@@H](C)NC(=O)c1c(C)noc1C. The number of carbonyl (C=O) groups excluding carboxylic acids is 1. The third-order valence-corrected chi connectivity index (χ3v) is 3.78. The van der Waals surface area contributed by atoms with Gasteiger partial charge in [-0.2, -0.15) is 0 Å². The number of aryl methyl sites for hydroxylation is 2. The highest BCUT2D eigenvalue weighted by atomic mass is 35.5. The zero-order valence-corrected chi connectivity index (χ0v) is 13.8. The van der Waals surface area contributed by atoms with Crippen molar-refractivity contribution in [1.29, 1.82) is 0 Å². The lowest BCUT2D eigenvalue weighted by atomic mass is 10.0. The molecule has 1 heterocycles. The van der Waals surface area contributed by atoms with Crippen LogP contribution >= 0.6 is 11.6 Å². The van der Waals surface area contributed by atoms with Crippen LogP contribution in [0.5, 0.6) is 0 Å². The predicted molar refractivity (Wildman–Crippen MR) is 84.1 cm³/mol. The number of hydrogen-bond donors (Lipinski definition) is 1. The van der Waals surface area contributed by atoms with Crippen LogP contribution in [-0.4, -0.2) is 24.2 Å². The van der Waals surface area contributed by atoms with E-state index in [0.717, 1.165) is 5.56 Å². The number of nitrogens with zero attached hydrogens (tertiary/aromatic N) is 1. The number of aromatic nitrogens is 1. The second-order valence-electron chi connectivity index (χ2n) is 5.17. The Labute approximate surface area is 134 Å². The van der Waals surface area contributed by atoms with E-state index in [0.29, 0.717) is 22.0 Å². The van der Waals surface area contributed by atoms with Crippen molar-refractivity contribution in [1.82, 2.24) is 10.5 Å². The van der Waals surface area contributed by atoms with Crippen LogP contribution in [0.25, 0.3) is 0 Å². The maximum absolute atomic E-state index is 12.4. The van der Waals surface area contributed by atoms with Gasteiger partial charge in [0.1, 0.15) is 17.4 Å². The van der Waals surface area contributed by atoms with Gasteiger partial charge >= 0.3 is 0 Å². The zero-order valence-electron chi connectivity index (χ0n) is 13.0. The van der Waals surface area contributed by atoms with Crippen LogP contribution in [0, 0.1) is 13.8 Å². The van der Waals surface area contributed by atoms with Crippen molar-refractivity contribution in [2.45, 2.75) is 32.9 Å². The smallest absolute Gasteiger partial charge is 0.257 e. The van der Waals surface area contributed by atoms with Gasteiger partial charge in [0.25, 0.3) is 5.91 Å². The summed E-state index contributed by atoms with van der Waals surface area (Å²) in [5.41, 5.74) is 1.99. The van der Waals surface area contributed by atoms with E-state index in [-0.39, 0.29) is 18.1 Å². The lowest BCUT2D eigenvalue weighted by Crippen LogP contribution is -2.38. The number of methoxy groups -OCH3 is 1. The van der Waals surface area contributed by atoms with Gasteiger partial charge in [0.2, 0.25) is 0 Å². The Hall–Kier alpha value is -1.85. The van der Waals surface area contributed by atoms with E-state index in [4.69, 9.17) is 20.9 Å². The first-order chi connectivity index (χ1) is 10.4. The monoisotopic (exact) mass is 322 g/mol. The molecule has 2 rings (SSSR count). The molecule has 0 saturated carbocycles. The first-order valence-corrected chi connectivity index (χ1v) is 7.33. The maximum Gasteiger partial charge on any atom is 0.257 e. The highest BCUT2D eigenvalue weighted by Gasteiger charge is 2.24. The molecular weight excluding hydrogens is 304 g/mol. The molecule has 0 saturated heterocycles. The molecule has 1 aromatic heterocycles. The van der Waals surface area contributed by atoms with Crippen LogP contribution in [-0.2, 0) is 4.74 Å². The highest BCUT2D eigenvalue weighted by Crippen LogP contribution is 2.23. The average Bonchev–Trinajstić information content (AvgIpc) is 2.81. The molecule has 0 bridgehead atoms. The Morgan fingerprint density at radius 1 is 1.32 bits per heavy atom. The van der Waals surface area contributed by atoms with Gasteiger partial charge < -0.3 is 14.6 Å². The molecule has 0 radical (unpaired) electrons. The normalized spacial score (nSPS) is 13.7.